The van der Waals surface area contributed by atoms with E-state index in [1.54, 1.807) is 7.11 Å². The number of ether oxygens (including phenoxy) is 1. The second-order valence-electron chi connectivity index (χ2n) is 7.74. The number of hydrogen-bond acceptors (Lipinski definition) is 6. The molecule has 1 aliphatic rings. The van der Waals surface area contributed by atoms with Gasteiger partial charge in [0.05, 0.1) is 11.7 Å². The molecule has 0 bridgehead atoms. The first kappa shape index (κ1) is 20.7. The maximum Gasteiger partial charge on any atom is 0.160 e. The van der Waals surface area contributed by atoms with E-state index in [0.717, 1.165) is 55.8 Å². The van der Waals surface area contributed by atoms with E-state index >= 15 is 0 Å². The first-order valence-electron chi connectivity index (χ1n) is 10.7. The van der Waals surface area contributed by atoms with Gasteiger partial charge in [0.1, 0.15) is 0 Å². The van der Waals surface area contributed by atoms with Crippen LogP contribution in [0.25, 0.3) is 5.69 Å². The molecule has 1 fully saturated rings. The SMILES string of the molecule is CCCc1nnnn1-c1cccc(CN[C@@H]2CCCN[C@]2(OC)c2ccccc2)c1. The van der Waals surface area contributed by atoms with E-state index in [-0.39, 0.29) is 6.04 Å². The summed E-state index contributed by atoms with van der Waals surface area (Å²) in [6.45, 7) is 3.81. The molecule has 0 saturated carbocycles. The topological polar surface area (TPSA) is 76.9 Å². The Balaban J connectivity index is 1.53. The monoisotopic (exact) mass is 406 g/mol. The third-order valence-electron chi connectivity index (χ3n) is 5.79. The van der Waals surface area contributed by atoms with Crippen molar-refractivity contribution in [2.45, 2.75) is 50.9 Å². The van der Waals surface area contributed by atoms with E-state index in [4.69, 9.17) is 4.74 Å². The quantitative estimate of drug-likeness (QED) is 0.599. The van der Waals surface area contributed by atoms with Gasteiger partial charge in [0.2, 0.25) is 0 Å². The molecular formula is C23H30N6O. The summed E-state index contributed by atoms with van der Waals surface area (Å²) < 4.78 is 7.92. The molecule has 2 heterocycles. The molecular weight excluding hydrogens is 376 g/mol. The molecule has 0 amide bonds. The van der Waals surface area contributed by atoms with Crippen LogP contribution in [-0.2, 0) is 23.4 Å². The number of aromatic nitrogens is 4. The predicted molar refractivity (Wildman–Crippen MR) is 116 cm³/mol. The molecule has 0 aliphatic carbocycles. The zero-order chi connectivity index (χ0) is 20.8. The Kier molecular flexibility index (Phi) is 6.52. The van der Waals surface area contributed by atoms with Crippen LogP contribution >= 0.6 is 0 Å². The minimum atomic E-state index is -0.527. The molecule has 3 aromatic rings. The van der Waals surface area contributed by atoms with Gasteiger partial charge in [-0.2, -0.15) is 4.68 Å². The summed E-state index contributed by atoms with van der Waals surface area (Å²) in [5.74, 6) is 0.890. The number of nitrogens with one attached hydrogen (secondary N) is 2. The van der Waals surface area contributed by atoms with E-state index in [1.807, 2.05) is 16.8 Å². The third-order valence-corrected chi connectivity index (χ3v) is 5.79. The summed E-state index contributed by atoms with van der Waals surface area (Å²) in [6.07, 6.45) is 4.02. The van der Waals surface area contributed by atoms with Gasteiger partial charge >= 0.3 is 0 Å². The molecule has 2 aromatic carbocycles. The number of methoxy groups -OCH3 is 1. The van der Waals surface area contributed by atoms with E-state index in [1.165, 1.54) is 5.56 Å². The van der Waals surface area contributed by atoms with E-state index in [0.29, 0.717) is 0 Å². The Morgan fingerprint density at radius 1 is 1.20 bits per heavy atom. The molecule has 0 radical (unpaired) electrons. The van der Waals surface area contributed by atoms with Crippen LogP contribution in [0.15, 0.2) is 54.6 Å². The zero-order valence-electron chi connectivity index (χ0n) is 17.7. The van der Waals surface area contributed by atoms with Gasteiger partial charge < -0.3 is 10.1 Å². The molecule has 7 heteroatoms. The Labute approximate surface area is 177 Å². The first-order chi connectivity index (χ1) is 14.8. The average molecular weight is 407 g/mol. The van der Waals surface area contributed by atoms with Crippen molar-refractivity contribution < 1.29 is 4.74 Å². The molecule has 7 nitrogen and oxygen atoms in total. The smallest absolute Gasteiger partial charge is 0.160 e. The Hall–Kier alpha value is -2.61. The number of piperidine rings is 1. The van der Waals surface area contributed by atoms with Crippen LogP contribution in [-0.4, -0.2) is 39.9 Å². The maximum absolute atomic E-state index is 6.09. The van der Waals surface area contributed by atoms with E-state index in [2.05, 4.69) is 75.5 Å². The molecule has 1 aromatic heterocycles. The minimum Gasteiger partial charge on any atom is -0.358 e. The van der Waals surface area contributed by atoms with E-state index in [9.17, 15) is 0 Å². The molecule has 0 spiro atoms. The Morgan fingerprint density at radius 3 is 2.87 bits per heavy atom. The van der Waals surface area contributed by atoms with Crippen molar-refractivity contribution in [3.05, 3.63) is 71.5 Å². The van der Waals surface area contributed by atoms with Gasteiger partial charge in [0.15, 0.2) is 11.5 Å². The summed E-state index contributed by atoms with van der Waals surface area (Å²) in [5, 5.41) is 19.6. The Bertz CT molecular complexity index is 944. The number of rotatable bonds is 8. The molecule has 2 N–H and O–H groups in total. The number of aryl methyl sites for hydroxylation is 1. The molecule has 1 aliphatic heterocycles. The van der Waals surface area contributed by atoms with Crippen LogP contribution in [0, 0.1) is 0 Å². The summed E-state index contributed by atoms with van der Waals surface area (Å²) in [7, 11) is 1.79. The van der Waals surface area contributed by atoms with Crippen molar-refractivity contribution >= 4 is 0 Å². The highest BCUT2D eigenvalue weighted by Gasteiger charge is 2.42. The molecule has 1 saturated heterocycles. The van der Waals surface area contributed by atoms with Crippen molar-refractivity contribution in [2.75, 3.05) is 13.7 Å². The number of nitrogens with zero attached hydrogens (tertiary/aromatic N) is 4. The highest BCUT2D eigenvalue weighted by molar-refractivity contribution is 5.35. The lowest BCUT2D eigenvalue weighted by atomic mass is 9.87. The van der Waals surface area contributed by atoms with Gasteiger partial charge in [-0.15, -0.1) is 5.10 Å². The van der Waals surface area contributed by atoms with Crippen molar-refractivity contribution in [3.8, 4) is 5.69 Å². The molecule has 158 valence electrons. The van der Waals surface area contributed by atoms with Crippen LogP contribution in [0.1, 0.15) is 43.1 Å². The van der Waals surface area contributed by atoms with Crippen molar-refractivity contribution in [3.63, 3.8) is 0 Å². The minimum absolute atomic E-state index is 0.158. The molecule has 30 heavy (non-hydrogen) atoms. The highest BCUT2D eigenvalue weighted by atomic mass is 16.5. The Morgan fingerprint density at radius 2 is 2.07 bits per heavy atom. The second kappa shape index (κ2) is 9.47. The first-order valence-corrected chi connectivity index (χ1v) is 10.7. The third kappa shape index (κ3) is 4.14. The fourth-order valence-electron chi connectivity index (χ4n) is 4.30. The number of benzene rings is 2. The summed E-state index contributed by atoms with van der Waals surface area (Å²) in [6, 6.07) is 19.0. The van der Waals surface area contributed by atoms with Crippen LogP contribution in [0.4, 0.5) is 0 Å². The van der Waals surface area contributed by atoms with Gasteiger partial charge in [0.25, 0.3) is 0 Å². The number of tetrazole rings is 1. The standard InChI is InChI=1S/C23H30N6O/c1-3-9-22-26-27-28-29(22)20-13-7-10-18(16-20)17-24-21-14-8-15-25-23(21,30-2)19-11-5-4-6-12-19/h4-7,10-13,16,21,24-25H,3,8-9,14-15,17H2,1-2H3/t21-,23+/m1/s1. The average Bonchev–Trinajstić information content (AvgIpc) is 3.27. The maximum atomic E-state index is 6.09. The number of hydrogen-bond donors (Lipinski definition) is 2. The molecule has 2 atom stereocenters. The summed E-state index contributed by atoms with van der Waals surface area (Å²) in [4.78, 5) is 0. The van der Waals surface area contributed by atoms with Crippen LogP contribution in [0.3, 0.4) is 0 Å². The van der Waals surface area contributed by atoms with Gasteiger partial charge in [-0.1, -0.05) is 49.4 Å². The normalized spacial score (nSPS) is 21.6. The summed E-state index contributed by atoms with van der Waals surface area (Å²) >= 11 is 0. The van der Waals surface area contributed by atoms with Crippen molar-refractivity contribution in [1.82, 2.24) is 30.8 Å². The lowest BCUT2D eigenvalue weighted by Crippen LogP contribution is -2.61. The van der Waals surface area contributed by atoms with Crippen molar-refractivity contribution in [1.29, 1.82) is 0 Å². The van der Waals surface area contributed by atoms with Gasteiger partial charge in [-0.05, 0) is 53.9 Å². The largest absolute Gasteiger partial charge is 0.358 e. The van der Waals surface area contributed by atoms with Crippen LogP contribution < -0.4 is 10.6 Å². The van der Waals surface area contributed by atoms with E-state index < -0.39 is 5.72 Å². The lowest BCUT2D eigenvalue weighted by Gasteiger charge is -2.44. The van der Waals surface area contributed by atoms with Crippen molar-refractivity contribution in [2.24, 2.45) is 0 Å². The second-order valence-corrected chi connectivity index (χ2v) is 7.74. The van der Waals surface area contributed by atoms with Gasteiger partial charge in [0, 0.05) is 25.6 Å². The fraction of sp³-hybridized carbons (Fsp3) is 0.435. The lowest BCUT2D eigenvalue weighted by molar-refractivity contribution is -0.0899. The van der Waals surface area contributed by atoms with Crippen LogP contribution in [0.5, 0.6) is 0 Å². The molecule has 0 unspecified atom stereocenters. The molecule has 4 rings (SSSR count). The fourth-order valence-corrected chi connectivity index (χ4v) is 4.30. The predicted octanol–water partition coefficient (Wildman–Crippen LogP) is 2.96. The van der Waals surface area contributed by atoms with Gasteiger partial charge in [-0.3, -0.25) is 5.32 Å². The zero-order valence-corrected chi connectivity index (χ0v) is 17.7. The van der Waals surface area contributed by atoms with Crippen LogP contribution in [0.2, 0.25) is 0 Å². The van der Waals surface area contributed by atoms with Gasteiger partial charge in [-0.25, -0.2) is 0 Å². The highest BCUT2D eigenvalue weighted by Crippen LogP contribution is 2.31. The summed E-state index contributed by atoms with van der Waals surface area (Å²) in [5.41, 5.74) is 2.80.